The van der Waals surface area contributed by atoms with Crippen LogP contribution in [0.2, 0.25) is 0 Å². The molecule has 0 fully saturated rings. The summed E-state index contributed by atoms with van der Waals surface area (Å²) in [4.78, 5) is 4.15. The Labute approximate surface area is 113 Å². The number of rotatable bonds is 7. The van der Waals surface area contributed by atoms with Crippen LogP contribution in [0.1, 0.15) is 32.2 Å². The Bertz CT molecular complexity index is 499. The maximum absolute atomic E-state index is 4.17. The normalized spacial score (nSPS) is 11.4. The van der Waals surface area contributed by atoms with Crippen LogP contribution < -0.4 is 5.32 Å². The van der Waals surface area contributed by atoms with E-state index in [-0.39, 0.29) is 0 Å². The molecule has 0 aromatic carbocycles. The van der Waals surface area contributed by atoms with E-state index in [1.807, 2.05) is 23.4 Å². The summed E-state index contributed by atoms with van der Waals surface area (Å²) in [6.07, 6.45) is 5.71. The van der Waals surface area contributed by atoms with Gasteiger partial charge in [0.05, 0.1) is 36.7 Å². The summed E-state index contributed by atoms with van der Waals surface area (Å²) in [6.45, 7) is 9.89. The zero-order valence-electron chi connectivity index (χ0n) is 11.9. The van der Waals surface area contributed by atoms with Gasteiger partial charge in [-0.1, -0.05) is 19.1 Å². The topological polar surface area (TPSA) is 60.6 Å². The van der Waals surface area contributed by atoms with Crippen molar-refractivity contribution in [2.24, 2.45) is 5.92 Å². The molecule has 0 aliphatic heterocycles. The highest BCUT2D eigenvalue weighted by atomic mass is 15.4. The van der Waals surface area contributed by atoms with Gasteiger partial charge in [0.1, 0.15) is 0 Å². The van der Waals surface area contributed by atoms with Crippen molar-refractivity contribution >= 4 is 0 Å². The van der Waals surface area contributed by atoms with E-state index in [1.165, 1.54) is 0 Å². The Morgan fingerprint density at radius 2 is 2.21 bits per heavy atom. The van der Waals surface area contributed by atoms with Crippen LogP contribution in [0.25, 0.3) is 0 Å². The number of hydrogen-bond donors (Lipinski definition) is 1. The van der Waals surface area contributed by atoms with Crippen molar-refractivity contribution in [3.63, 3.8) is 0 Å². The maximum Gasteiger partial charge on any atom is 0.0964 e. The number of nitrogens with one attached hydrogen (secondary N) is 1. The predicted molar refractivity (Wildman–Crippen MR) is 73.6 cm³/mol. The molecule has 6 heteroatoms. The Balaban J connectivity index is 1.90. The van der Waals surface area contributed by atoms with Gasteiger partial charge in [0.15, 0.2) is 0 Å². The van der Waals surface area contributed by atoms with E-state index < -0.39 is 0 Å². The quantitative estimate of drug-likeness (QED) is 0.817. The number of nitrogens with zero attached hydrogens (tertiary/aromatic N) is 5. The van der Waals surface area contributed by atoms with Gasteiger partial charge in [-0.3, -0.25) is 0 Å². The zero-order chi connectivity index (χ0) is 13.7. The maximum atomic E-state index is 4.17. The molecule has 0 radical (unpaired) electrons. The first-order valence-electron chi connectivity index (χ1n) is 6.77. The molecule has 0 spiro atoms. The van der Waals surface area contributed by atoms with Crippen LogP contribution in [0.5, 0.6) is 0 Å². The first kappa shape index (κ1) is 13.7. The summed E-state index contributed by atoms with van der Waals surface area (Å²) in [5, 5.41) is 11.7. The Kier molecular flexibility index (Phi) is 4.68. The number of imidazole rings is 1. The van der Waals surface area contributed by atoms with Crippen LogP contribution in [-0.2, 0) is 19.6 Å². The zero-order valence-corrected chi connectivity index (χ0v) is 11.9. The molecule has 0 bridgehead atoms. The third-order valence-electron chi connectivity index (χ3n) is 2.91. The van der Waals surface area contributed by atoms with E-state index in [0.29, 0.717) is 12.5 Å². The lowest BCUT2D eigenvalue weighted by Gasteiger charge is -2.05. The van der Waals surface area contributed by atoms with Crippen LogP contribution in [0.15, 0.2) is 18.7 Å². The number of hydrogen-bond acceptors (Lipinski definition) is 4. The summed E-state index contributed by atoms with van der Waals surface area (Å²) in [6, 6.07) is 0. The average Bonchev–Trinajstić information content (AvgIpc) is 2.98. The van der Waals surface area contributed by atoms with Crippen LogP contribution in [0.4, 0.5) is 0 Å². The molecule has 6 nitrogen and oxygen atoms in total. The molecule has 104 valence electrons. The second kappa shape index (κ2) is 6.47. The summed E-state index contributed by atoms with van der Waals surface area (Å²) >= 11 is 0. The predicted octanol–water partition coefficient (Wildman–Crippen LogP) is 1.29. The fourth-order valence-electron chi connectivity index (χ4n) is 1.92. The largest absolute Gasteiger partial charge is 0.333 e. The van der Waals surface area contributed by atoms with Crippen molar-refractivity contribution in [1.29, 1.82) is 0 Å². The molecule has 2 heterocycles. The SMILES string of the molecule is CCn1cncc1Cn1cc(CNCC(C)C)nn1. The molecule has 0 aliphatic carbocycles. The van der Waals surface area contributed by atoms with Crippen molar-refractivity contribution in [2.45, 2.75) is 40.4 Å². The fourth-order valence-corrected chi connectivity index (χ4v) is 1.92. The third-order valence-corrected chi connectivity index (χ3v) is 2.91. The molecular weight excluding hydrogens is 240 g/mol. The minimum atomic E-state index is 0.647. The van der Waals surface area contributed by atoms with E-state index in [0.717, 1.165) is 31.0 Å². The molecule has 2 aromatic heterocycles. The highest BCUT2D eigenvalue weighted by molar-refractivity contribution is 5.00. The van der Waals surface area contributed by atoms with Crippen molar-refractivity contribution in [2.75, 3.05) is 6.54 Å². The second-order valence-electron chi connectivity index (χ2n) is 5.10. The minimum absolute atomic E-state index is 0.647. The number of aryl methyl sites for hydroxylation is 1. The summed E-state index contributed by atoms with van der Waals surface area (Å²) in [7, 11) is 0. The first-order chi connectivity index (χ1) is 9.19. The van der Waals surface area contributed by atoms with Crippen molar-refractivity contribution in [3.8, 4) is 0 Å². The molecule has 0 unspecified atom stereocenters. The molecule has 0 saturated heterocycles. The van der Waals surface area contributed by atoms with Crippen LogP contribution >= 0.6 is 0 Å². The molecule has 19 heavy (non-hydrogen) atoms. The summed E-state index contributed by atoms with van der Waals surface area (Å²) < 4.78 is 3.97. The summed E-state index contributed by atoms with van der Waals surface area (Å²) in [5.41, 5.74) is 2.12. The molecule has 1 N–H and O–H groups in total. The van der Waals surface area contributed by atoms with Gasteiger partial charge in [-0.25, -0.2) is 9.67 Å². The van der Waals surface area contributed by atoms with Crippen molar-refractivity contribution in [3.05, 3.63) is 30.1 Å². The van der Waals surface area contributed by atoms with Gasteiger partial charge in [-0.2, -0.15) is 0 Å². The molecule has 0 saturated carbocycles. The fraction of sp³-hybridized carbons (Fsp3) is 0.615. The van der Waals surface area contributed by atoms with Crippen LogP contribution in [-0.4, -0.2) is 31.1 Å². The van der Waals surface area contributed by atoms with E-state index in [2.05, 4.69) is 46.0 Å². The van der Waals surface area contributed by atoms with Gasteiger partial charge in [-0.05, 0) is 19.4 Å². The Morgan fingerprint density at radius 3 is 2.95 bits per heavy atom. The van der Waals surface area contributed by atoms with Crippen molar-refractivity contribution < 1.29 is 0 Å². The van der Waals surface area contributed by atoms with Gasteiger partial charge in [0.25, 0.3) is 0 Å². The minimum Gasteiger partial charge on any atom is -0.333 e. The van der Waals surface area contributed by atoms with Gasteiger partial charge in [0.2, 0.25) is 0 Å². The van der Waals surface area contributed by atoms with E-state index >= 15 is 0 Å². The smallest absolute Gasteiger partial charge is 0.0964 e. The second-order valence-corrected chi connectivity index (χ2v) is 5.10. The van der Waals surface area contributed by atoms with Gasteiger partial charge in [-0.15, -0.1) is 5.10 Å². The highest BCUT2D eigenvalue weighted by Crippen LogP contribution is 2.03. The van der Waals surface area contributed by atoms with Crippen molar-refractivity contribution in [1.82, 2.24) is 29.9 Å². The molecule has 2 rings (SSSR count). The van der Waals surface area contributed by atoms with E-state index in [4.69, 9.17) is 0 Å². The molecule has 0 amide bonds. The highest BCUT2D eigenvalue weighted by Gasteiger charge is 2.05. The Morgan fingerprint density at radius 1 is 1.37 bits per heavy atom. The van der Waals surface area contributed by atoms with E-state index in [9.17, 15) is 0 Å². The van der Waals surface area contributed by atoms with Crippen LogP contribution in [0.3, 0.4) is 0 Å². The monoisotopic (exact) mass is 262 g/mol. The third kappa shape index (κ3) is 3.89. The molecule has 2 aromatic rings. The molecule has 0 atom stereocenters. The molecular formula is C13H22N6. The summed E-state index contributed by atoms with van der Waals surface area (Å²) in [5.74, 6) is 0.647. The van der Waals surface area contributed by atoms with E-state index in [1.54, 1.807) is 0 Å². The Hall–Kier alpha value is -1.69. The number of aromatic nitrogens is 5. The first-order valence-corrected chi connectivity index (χ1v) is 6.77. The average molecular weight is 262 g/mol. The van der Waals surface area contributed by atoms with Crippen LogP contribution in [0, 0.1) is 5.92 Å². The lowest BCUT2D eigenvalue weighted by Crippen LogP contribution is -2.19. The van der Waals surface area contributed by atoms with Gasteiger partial charge in [0, 0.05) is 13.1 Å². The van der Waals surface area contributed by atoms with Gasteiger partial charge < -0.3 is 9.88 Å². The standard InChI is InChI=1S/C13H22N6/c1-4-18-10-15-7-13(18)9-19-8-12(16-17-19)6-14-5-11(2)3/h7-8,10-11,14H,4-6,9H2,1-3H3. The molecule has 0 aliphatic rings. The lowest BCUT2D eigenvalue weighted by molar-refractivity contribution is 0.548. The lowest BCUT2D eigenvalue weighted by atomic mass is 10.2. The van der Waals surface area contributed by atoms with Gasteiger partial charge >= 0.3 is 0 Å².